The number of carbonyl (C=O) groups is 2. The molecule has 136 valence electrons. The van der Waals surface area contributed by atoms with Crippen molar-refractivity contribution in [3.8, 4) is 0 Å². The monoisotopic (exact) mass is 373 g/mol. The number of hydrogen-bond acceptors (Lipinski definition) is 6. The van der Waals surface area contributed by atoms with Gasteiger partial charge in [0.05, 0.1) is 22.5 Å². The standard InChI is InChI=1S/C18H19N3O4S/c1-21-13-6-10-26-15(13)11-14(21)18(23)25-16(12-5-3-4-7-19-12)17(22)20-8-9-24-2/h3-7,10-11,16H,8-9H2,1-2H3,(H,20,22). The van der Waals surface area contributed by atoms with Gasteiger partial charge in [0.25, 0.3) is 5.91 Å². The first kappa shape index (κ1) is 18.1. The van der Waals surface area contributed by atoms with E-state index in [1.807, 2.05) is 11.4 Å². The number of fused-ring (bicyclic) bond motifs is 1. The van der Waals surface area contributed by atoms with Gasteiger partial charge in [0.1, 0.15) is 5.69 Å². The number of esters is 1. The zero-order valence-corrected chi connectivity index (χ0v) is 15.3. The summed E-state index contributed by atoms with van der Waals surface area (Å²) in [5.74, 6) is -1.02. The topological polar surface area (TPSA) is 82.5 Å². The lowest BCUT2D eigenvalue weighted by molar-refractivity contribution is -0.130. The van der Waals surface area contributed by atoms with Crippen LogP contribution < -0.4 is 5.32 Å². The van der Waals surface area contributed by atoms with E-state index in [9.17, 15) is 9.59 Å². The molecule has 1 atom stereocenters. The lowest BCUT2D eigenvalue weighted by Crippen LogP contribution is -2.34. The van der Waals surface area contributed by atoms with Gasteiger partial charge in [-0.1, -0.05) is 6.07 Å². The van der Waals surface area contributed by atoms with Crippen LogP contribution in [0.15, 0.2) is 41.9 Å². The number of thiophene rings is 1. The molecule has 1 N–H and O–H groups in total. The zero-order valence-electron chi connectivity index (χ0n) is 14.5. The normalized spacial score (nSPS) is 12.1. The summed E-state index contributed by atoms with van der Waals surface area (Å²) in [6.45, 7) is 0.679. The summed E-state index contributed by atoms with van der Waals surface area (Å²) in [4.78, 5) is 29.3. The predicted molar refractivity (Wildman–Crippen MR) is 98.1 cm³/mol. The maximum Gasteiger partial charge on any atom is 0.356 e. The van der Waals surface area contributed by atoms with Crippen molar-refractivity contribution in [2.75, 3.05) is 20.3 Å². The number of carbonyl (C=O) groups excluding carboxylic acids is 2. The second-order valence-electron chi connectivity index (χ2n) is 5.58. The van der Waals surface area contributed by atoms with Gasteiger partial charge in [-0.25, -0.2) is 4.79 Å². The van der Waals surface area contributed by atoms with E-state index in [2.05, 4.69) is 10.3 Å². The third-order valence-corrected chi connectivity index (χ3v) is 4.75. The molecule has 0 saturated heterocycles. The summed E-state index contributed by atoms with van der Waals surface area (Å²) in [5, 5.41) is 4.65. The maximum absolute atomic E-state index is 12.7. The van der Waals surface area contributed by atoms with Gasteiger partial charge in [-0.15, -0.1) is 11.3 Å². The number of hydrogen-bond donors (Lipinski definition) is 1. The highest BCUT2D eigenvalue weighted by Crippen LogP contribution is 2.26. The van der Waals surface area contributed by atoms with E-state index in [0.717, 1.165) is 10.2 Å². The van der Waals surface area contributed by atoms with Crippen LogP contribution in [-0.2, 0) is 21.3 Å². The number of rotatable bonds is 7. The van der Waals surface area contributed by atoms with Crippen LogP contribution in [0.1, 0.15) is 22.3 Å². The minimum Gasteiger partial charge on any atom is -0.441 e. The number of amides is 1. The Labute approximate surface area is 154 Å². The molecule has 1 unspecified atom stereocenters. The van der Waals surface area contributed by atoms with Crippen molar-refractivity contribution < 1.29 is 19.1 Å². The van der Waals surface area contributed by atoms with E-state index in [1.165, 1.54) is 0 Å². The Balaban J connectivity index is 1.82. The molecule has 0 saturated carbocycles. The number of nitrogens with zero attached hydrogens (tertiary/aromatic N) is 2. The van der Waals surface area contributed by atoms with Gasteiger partial charge in [0.2, 0.25) is 6.10 Å². The van der Waals surface area contributed by atoms with Crippen molar-refractivity contribution in [2.24, 2.45) is 7.05 Å². The fourth-order valence-electron chi connectivity index (χ4n) is 2.56. The first-order valence-corrected chi connectivity index (χ1v) is 8.91. The molecule has 0 aromatic carbocycles. The highest BCUT2D eigenvalue weighted by molar-refractivity contribution is 7.17. The fourth-order valence-corrected chi connectivity index (χ4v) is 3.41. The van der Waals surface area contributed by atoms with Gasteiger partial charge in [0, 0.05) is 26.9 Å². The lowest BCUT2D eigenvalue weighted by atomic mass is 10.2. The molecule has 0 bridgehead atoms. The van der Waals surface area contributed by atoms with E-state index < -0.39 is 18.0 Å². The smallest absolute Gasteiger partial charge is 0.356 e. The van der Waals surface area contributed by atoms with Crippen LogP contribution in [0, 0.1) is 0 Å². The second-order valence-corrected chi connectivity index (χ2v) is 6.53. The highest BCUT2D eigenvalue weighted by atomic mass is 32.1. The molecule has 7 nitrogen and oxygen atoms in total. The number of aryl methyl sites for hydroxylation is 1. The highest BCUT2D eigenvalue weighted by Gasteiger charge is 2.28. The minimum atomic E-state index is -1.13. The summed E-state index contributed by atoms with van der Waals surface area (Å²) in [5.41, 5.74) is 1.70. The van der Waals surface area contributed by atoms with E-state index >= 15 is 0 Å². The van der Waals surface area contributed by atoms with E-state index in [-0.39, 0.29) is 0 Å². The molecule has 3 heterocycles. The summed E-state index contributed by atoms with van der Waals surface area (Å²) in [6.07, 6.45) is 0.422. The molecule has 26 heavy (non-hydrogen) atoms. The van der Waals surface area contributed by atoms with Crippen LogP contribution in [0.5, 0.6) is 0 Å². The molecule has 8 heteroatoms. The van der Waals surface area contributed by atoms with Crippen LogP contribution in [0.2, 0.25) is 0 Å². The van der Waals surface area contributed by atoms with E-state index in [0.29, 0.717) is 24.5 Å². The molecule has 1 amide bonds. The maximum atomic E-state index is 12.7. The van der Waals surface area contributed by atoms with Crippen LogP contribution in [-0.4, -0.2) is 41.7 Å². The SMILES string of the molecule is COCCNC(=O)C(OC(=O)c1cc2sccc2n1C)c1ccccn1. The Morgan fingerprint density at radius 3 is 2.88 bits per heavy atom. The average Bonchev–Trinajstić information content (AvgIpc) is 3.23. The van der Waals surface area contributed by atoms with Crippen LogP contribution in [0.25, 0.3) is 10.2 Å². The molecular weight excluding hydrogens is 354 g/mol. The molecule has 0 radical (unpaired) electrons. The van der Waals surface area contributed by atoms with Gasteiger partial charge in [0.15, 0.2) is 0 Å². The summed E-state index contributed by atoms with van der Waals surface area (Å²) >= 11 is 1.54. The minimum absolute atomic E-state index is 0.316. The van der Waals surface area contributed by atoms with Crippen LogP contribution in [0.3, 0.4) is 0 Å². The Hall–Kier alpha value is -2.71. The van der Waals surface area contributed by atoms with Crippen molar-refractivity contribution in [1.82, 2.24) is 14.9 Å². The predicted octanol–water partition coefficient (Wildman–Crippen LogP) is 2.30. The number of aromatic nitrogens is 2. The van der Waals surface area contributed by atoms with Crippen molar-refractivity contribution in [3.05, 3.63) is 53.3 Å². The molecule has 0 aliphatic rings. The number of methoxy groups -OCH3 is 1. The number of ether oxygens (including phenoxy) is 2. The van der Waals surface area contributed by atoms with Gasteiger partial charge in [-0.2, -0.15) is 0 Å². The second kappa shape index (κ2) is 8.11. The summed E-state index contributed by atoms with van der Waals surface area (Å²) < 4.78 is 13.2. The quantitative estimate of drug-likeness (QED) is 0.508. The summed E-state index contributed by atoms with van der Waals surface area (Å²) in [6, 6.07) is 8.82. The molecule has 0 aliphatic carbocycles. The van der Waals surface area contributed by atoms with Crippen molar-refractivity contribution in [3.63, 3.8) is 0 Å². The molecule has 3 aromatic heterocycles. The van der Waals surface area contributed by atoms with Gasteiger partial charge in [-0.3, -0.25) is 9.78 Å². The van der Waals surface area contributed by atoms with E-state index in [1.54, 1.807) is 60.5 Å². The number of pyridine rings is 1. The summed E-state index contributed by atoms with van der Waals surface area (Å²) in [7, 11) is 3.34. The first-order valence-electron chi connectivity index (χ1n) is 8.03. The van der Waals surface area contributed by atoms with Crippen LogP contribution >= 0.6 is 11.3 Å². The average molecular weight is 373 g/mol. The molecule has 0 spiro atoms. The largest absolute Gasteiger partial charge is 0.441 e. The molecule has 0 aliphatic heterocycles. The van der Waals surface area contributed by atoms with E-state index in [4.69, 9.17) is 9.47 Å². The first-order chi connectivity index (χ1) is 12.6. The lowest BCUT2D eigenvalue weighted by Gasteiger charge is -2.17. The van der Waals surface area contributed by atoms with Crippen molar-refractivity contribution >= 4 is 33.4 Å². The zero-order chi connectivity index (χ0) is 18.5. The molecule has 3 rings (SSSR count). The number of nitrogens with one attached hydrogen (secondary N) is 1. The molecular formula is C18H19N3O4S. The Bertz CT molecular complexity index is 904. The Kier molecular flexibility index (Phi) is 5.65. The Morgan fingerprint density at radius 2 is 2.19 bits per heavy atom. The van der Waals surface area contributed by atoms with Crippen molar-refractivity contribution in [2.45, 2.75) is 6.10 Å². The third-order valence-electron chi connectivity index (χ3n) is 3.90. The van der Waals surface area contributed by atoms with Gasteiger partial charge < -0.3 is 19.4 Å². The third kappa shape index (κ3) is 3.76. The van der Waals surface area contributed by atoms with Crippen LogP contribution in [0.4, 0.5) is 0 Å². The van der Waals surface area contributed by atoms with Crippen molar-refractivity contribution in [1.29, 1.82) is 0 Å². The molecule has 3 aromatic rings. The fraction of sp³-hybridized carbons (Fsp3) is 0.278. The van der Waals surface area contributed by atoms with Gasteiger partial charge in [-0.05, 0) is 29.6 Å². The van der Waals surface area contributed by atoms with Gasteiger partial charge >= 0.3 is 5.97 Å². The molecule has 0 fully saturated rings. The Morgan fingerprint density at radius 1 is 1.35 bits per heavy atom.